The Morgan fingerprint density at radius 3 is 2.52 bits per heavy atom. The number of hydrogen-bond donors (Lipinski definition) is 2. The van der Waals surface area contributed by atoms with Crippen molar-refractivity contribution in [1.29, 1.82) is 0 Å². The summed E-state index contributed by atoms with van der Waals surface area (Å²) in [5, 5.41) is 3.30. The molecule has 3 rings (SSSR count). The van der Waals surface area contributed by atoms with Crippen LogP contribution in [0.1, 0.15) is 63.2 Å². The Morgan fingerprint density at radius 2 is 2.00 bits per heavy atom. The highest BCUT2D eigenvalue weighted by atomic mass is 16.1. The van der Waals surface area contributed by atoms with Gasteiger partial charge >= 0.3 is 0 Å². The van der Waals surface area contributed by atoms with Crippen LogP contribution in [-0.4, -0.2) is 35.6 Å². The van der Waals surface area contributed by atoms with E-state index in [0.29, 0.717) is 29.5 Å². The van der Waals surface area contributed by atoms with E-state index in [1.807, 2.05) is 12.1 Å². The van der Waals surface area contributed by atoms with E-state index >= 15 is 0 Å². The van der Waals surface area contributed by atoms with Gasteiger partial charge in [0.2, 0.25) is 0 Å². The number of rotatable bonds is 5. The number of amides is 1. The average molecular weight is 345 g/mol. The highest BCUT2D eigenvalue weighted by Crippen LogP contribution is 2.39. The lowest BCUT2D eigenvalue weighted by atomic mass is 9.67. The van der Waals surface area contributed by atoms with Crippen molar-refractivity contribution in [2.24, 2.45) is 17.6 Å². The van der Waals surface area contributed by atoms with Gasteiger partial charge in [-0.1, -0.05) is 6.42 Å². The molecule has 1 heterocycles. The van der Waals surface area contributed by atoms with Crippen LogP contribution in [0, 0.1) is 11.8 Å². The first-order chi connectivity index (χ1) is 12.0. The summed E-state index contributed by atoms with van der Waals surface area (Å²) in [5.74, 6) is 2.00. The van der Waals surface area contributed by atoms with E-state index < -0.39 is 0 Å². The van der Waals surface area contributed by atoms with Gasteiger partial charge in [-0.25, -0.2) is 4.98 Å². The fourth-order valence-corrected chi connectivity index (χ4v) is 4.74. The molecule has 3 N–H and O–H groups in total. The second kappa shape index (κ2) is 7.73. The van der Waals surface area contributed by atoms with Gasteiger partial charge in [-0.05, 0) is 70.4 Å². The first-order valence-electron chi connectivity index (χ1n) is 9.78. The van der Waals surface area contributed by atoms with Crippen molar-refractivity contribution in [2.45, 2.75) is 71.0 Å². The van der Waals surface area contributed by atoms with Crippen molar-refractivity contribution in [3.63, 3.8) is 0 Å². The van der Waals surface area contributed by atoms with Crippen molar-refractivity contribution in [3.8, 4) is 0 Å². The molecule has 2 fully saturated rings. The number of pyridine rings is 1. The van der Waals surface area contributed by atoms with Gasteiger partial charge < -0.3 is 16.0 Å². The highest BCUT2D eigenvalue weighted by Gasteiger charge is 2.39. The molecule has 138 valence electrons. The number of hydrogen-bond acceptors (Lipinski definition) is 4. The van der Waals surface area contributed by atoms with Crippen LogP contribution in [-0.2, 0) is 0 Å². The van der Waals surface area contributed by atoms with Gasteiger partial charge in [0.1, 0.15) is 5.82 Å². The van der Waals surface area contributed by atoms with E-state index in [-0.39, 0.29) is 11.9 Å². The van der Waals surface area contributed by atoms with E-state index in [2.05, 4.69) is 36.0 Å². The monoisotopic (exact) mass is 344 g/mol. The molecule has 0 aliphatic heterocycles. The van der Waals surface area contributed by atoms with E-state index in [9.17, 15) is 4.79 Å². The predicted molar refractivity (Wildman–Crippen MR) is 102 cm³/mol. The van der Waals surface area contributed by atoms with Crippen molar-refractivity contribution in [2.75, 3.05) is 11.4 Å². The maximum Gasteiger partial charge on any atom is 0.253 e. The zero-order chi connectivity index (χ0) is 18.0. The number of carbonyl (C=O) groups is 1. The Bertz CT molecular complexity index is 572. The van der Waals surface area contributed by atoms with Crippen LogP contribution in [0.25, 0.3) is 0 Å². The second-order valence-corrected chi connectivity index (χ2v) is 7.97. The number of nitrogens with one attached hydrogen (secondary N) is 1. The summed E-state index contributed by atoms with van der Waals surface area (Å²) in [6, 6.07) is 4.83. The van der Waals surface area contributed by atoms with Gasteiger partial charge in [0, 0.05) is 30.9 Å². The van der Waals surface area contributed by atoms with Crippen LogP contribution in [0.3, 0.4) is 0 Å². The summed E-state index contributed by atoms with van der Waals surface area (Å²) in [7, 11) is 0. The van der Waals surface area contributed by atoms with Gasteiger partial charge in [-0.15, -0.1) is 0 Å². The number of anilines is 1. The van der Waals surface area contributed by atoms with Crippen molar-refractivity contribution >= 4 is 11.7 Å². The zero-order valence-electron chi connectivity index (χ0n) is 15.7. The Morgan fingerprint density at radius 1 is 1.32 bits per heavy atom. The summed E-state index contributed by atoms with van der Waals surface area (Å²) < 4.78 is 0. The Balaban J connectivity index is 1.67. The molecule has 0 saturated heterocycles. The normalized spacial score (nSPS) is 28.7. The number of aromatic nitrogens is 1. The molecule has 5 heteroatoms. The molecule has 2 saturated carbocycles. The van der Waals surface area contributed by atoms with Crippen LogP contribution in [0.4, 0.5) is 5.82 Å². The van der Waals surface area contributed by atoms with Crippen LogP contribution >= 0.6 is 0 Å². The highest BCUT2D eigenvalue weighted by molar-refractivity contribution is 5.94. The van der Waals surface area contributed by atoms with E-state index in [4.69, 9.17) is 5.73 Å². The molecule has 2 bridgehead atoms. The molecule has 0 spiro atoms. The van der Waals surface area contributed by atoms with Crippen molar-refractivity contribution in [1.82, 2.24) is 10.3 Å². The Hall–Kier alpha value is -1.62. The van der Waals surface area contributed by atoms with Gasteiger partial charge in [0.05, 0.1) is 5.56 Å². The molecule has 2 atom stereocenters. The topological polar surface area (TPSA) is 71.2 Å². The predicted octanol–water partition coefficient (Wildman–Crippen LogP) is 2.95. The molecular formula is C20H32N4O. The summed E-state index contributed by atoms with van der Waals surface area (Å²) in [6.45, 7) is 7.33. The SMILES string of the molecule is CCN(c1ccc(C(=O)NC2C3CCCC2CC(N)C3)cn1)C(C)C. The molecule has 2 aliphatic carbocycles. The molecule has 1 aromatic heterocycles. The first kappa shape index (κ1) is 18.2. The van der Waals surface area contributed by atoms with Gasteiger partial charge in [0.15, 0.2) is 0 Å². The molecule has 1 amide bonds. The molecule has 5 nitrogen and oxygen atoms in total. The number of nitrogens with zero attached hydrogens (tertiary/aromatic N) is 2. The quantitative estimate of drug-likeness (QED) is 0.861. The Labute approximate surface area is 151 Å². The van der Waals surface area contributed by atoms with Crippen LogP contribution in [0.15, 0.2) is 18.3 Å². The fraction of sp³-hybridized carbons (Fsp3) is 0.700. The number of nitrogens with two attached hydrogens (primary N) is 1. The van der Waals surface area contributed by atoms with Crippen molar-refractivity contribution < 1.29 is 4.79 Å². The van der Waals surface area contributed by atoms with E-state index in [1.165, 1.54) is 19.3 Å². The molecule has 2 unspecified atom stereocenters. The second-order valence-electron chi connectivity index (χ2n) is 7.97. The maximum atomic E-state index is 12.7. The third-order valence-corrected chi connectivity index (χ3v) is 5.94. The summed E-state index contributed by atoms with van der Waals surface area (Å²) in [5.41, 5.74) is 6.83. The minimum Gasteiger partial charge on any atom is -0.354 e. The van der Waals surface area contributed by atoms with E-state index in [1.54, 1.807) is 6.20 Å². The third kappa shape index (κ3) is 3.97. The average Bonchev–Trinajstić information content (AvgIpc) is 2.56. The largest absolute Gasteiger partial charge is 0.354 e. The molecule has 25 heavy (non-hydrogen) atoms. The molecule has 0 aromatic carbocycles. The summed E-state index contributed by atoms with van der Waals surface area (Å²) in [4.78, 5) is 19.4. The lowest BCUT2D eigenvalue weighted by Gasteiger charge is -2.45. The standard InChI is InChI=1S/C20H32N4O/c1-4-24(13(2)3)18-9-8-16(12-22-18)20(25)23-19-14-6-5-7-15(19)11-17(21)10-14/h8-9,12-15,17,19H,4-7,10-11,21H2,1-3H3,(H,23,25). The summed E-state index contributed by atoms with van der Waals surface area (Å²) in [6.07, 6.45) is 7.43. The number of fused-ring (bicyclic) bond motifs is 2. The van der Waals surface area contributed by atoms with Crippen LogP contribution in [0.5, 0.6) is 0 Å². The van der Waals surface area contributed by atoms with E-state index in [0.717, 1.165) is 25.2 Å². The van der Waals surface area contributed by atoms with Crippen LogP contribution in [0.2, 0.25) is 0 Å². The maximum absolute atomic E-state index is 12.7. The molecule has 0 radical (unpaired) electrons. The smallest absolute Gasteiger partial charge is 0.253 e. The third-order valence-electron chi connectivity index (χ3n) is 5.94. The summed E-state index contributed by atoms with van der Waals surface area (Å²) >= 11 is 0. The fourth-order valence-electron chi connectivity index (χ4n) is 4.74. The Kier molecular flexibility index (Phi) is 5.62. The van der Waals surface area contributed by atoms with Gasteiger partial charge in [-0.2, -0.15) is 0 Å². The van der Waals surface area contributed by atoms with Gasteiger partial charge in [-0.3, -0.25) is 4.79 Å². The van der Waals surface area contributed by atoms with Gasteiger partial charge in [0.25, 0.3) is 5.91 Å². The lowest BCUT2D eigenvalue weighted by molar-refractivity contribution is 0.0755. The lowest BCUT2D eigenvalue weighted by Crippen LogP contribution is -2.53. The molecule has 1 aromatic rings. The van der Waals surface area contributed by atoms with Crippen molar-refractivity contribution in [3.05, 3.63) is 23.9 Å². The zero-order valence-corrected chi connectivity index (χ0v) is 15.7. The molecular weight excluding hydrogens is 312 g/mol. The first-order valence-corrected chi connectivity index (χ1v) is 9.78. The molecule has 2 aliphatic rings. The minimum absolute atomic E-state index is 0.00372. The van der Waals surface area contributed by atoms with Crippen LogP contribution < -0.4 is 16.0 Å². The number of carbonyl (C=O) groups excluding carboxylic acids is 1. The minimum atomic E-state index is 0.00372.